The zero-order chi connectivity index (χ0) is 13.5. The molecule has 1 aromatic rings. The Balaban J connectivity index is 3.08. The maximum atomic E-state index is 10.2. The van der Waals surface area contributed by atoms with E-state index in [1.54, 1.807) is 19.2 Å². The number of rotatable bonds is 7. The molecule has 0 heterocycles. The fourth-order valence-electron chi connectivity index (χ4n) is 1.87. The Kier molecular flexibility index (Phi) is 5.61. The molecule has 0 radical (unpaired) electrons. The van der Waals surface area contributed by atoms with E-state index in [1.807, 2.05) is 13.0 Å². The van der Waals surface area contributed by atoms with Gasteiger partial charge in [0.05, 0.1) is 19.6 Å². The van der Waals surface area contributed by atoms with E-state index < -0.39 is 12.2 Å². The van der Waals surface area contributed by atoms with Crippen molar-refractivity contribution in [2.45, 2.75) is 25.6 Å². The summed E-state index contributed by atoms with van der Waals surface area (Å²) >= 11 is 0. The monoisotopic (exact) mass is 254 g/mol. The number of hydrogen-bond donors (Lipinski definition) is 2. The average molecular weight is 254 g/mol. The first-order chi connectivity index (χ1) is 8.67. The van der Waals surface area contributed by atoms with Crippen LogP contribution in [0.5, 0.6) is 5.75 Å². The average Bonchev–Trinajstić information content (AvgIpc) is 2.40. The van der Waals surface area contributed by atoms with E-state index in [2.05, 4.69) is 4.74 Å². The second kappa shape index (κ2) is 6.98. The van der Waals surface area contributed by atoms with E-state index in [1.165, 1.54) is 0 Å². The van der Waals surface area contributed by atoms with Crippen molar-refractivity contribution < 1.29 is 24.5 Å². The molecular formula is C13H18O5. The van der Waals surface area contributed by atoms with E-state index in [0.717, 1.165) is 17.5 Å². The van der Waals surface area contributed by atoms with E-state index in [9.17, 15) is 15.0 Å². The molecule has 2 N–H and O–H groups in total. The number of aryl methyl sites for hydroxylation is 1. The summed E-state index contributed by atoms with van der Waals surface area (Å²) in [6.45, 7) is 1.82. The highest BCUT2D eigenvalue weighted by molar-refractivity contribution is 5.40. The van der Waals surface area contributed by atoms with Gasteiger partial charge in [-0.3, -0.25) is 4.79 Å². The summed E-state index contributed by atoms with van der Waals surface area (Å²) in [5.41, 5.74) is 1.68. The lowest BCUT2D eigenvalue weighted by molar-refractivity contribution is -0.157. The van der Waals surface area contributed by atoms with E-state index in [0.29, 0.717) is 5.75 Å². The molecule has 0 aliphatic rings. The molecule has 1 rings (SSSR count). The predicted molar refractivity (Wildman–Crippen MR) is 65.4 cm³/mol. The largest absolute Gasteiger partial charge is 0.497 e. The minimum Gasteiger partial charge on any atom is -0.497 e. The molecule has 5 heteroatoms. The number of benzene rings is 1. The van der Waals surface area contributed by atoms with Crippen LogP contribution in [-0.2, 0) is 16.0 Å². The molecule has 0 bridgehead atoms. The maximum Gasteiger partial charge on any atom is 0.295 e. The zero-order valence-electron chi connectivity index (χ0n) is 10.5. The number of ether oxygens (including phenoxy) is 2. The third kappa shape index (κ3) is 3.21. The summed E-state index contributed by atoms with van der Waals surface area (Å²) in [6.07, 6.45) is -0.636. The van der Waals surface area contributed by atoms with Gasteiger partial charge in [0.15, 0.2) is 0 Å². The summed E-state index contributed by atoms with van der Waals surface area (Å²) < 4.78 is 9.61. The number of carbonyl (C=O) groups is 1. The van der Waals surface area contributed by atoms with Crippen molar-refractivity contribution in [3.05, 3.63) is 29.3 Å². The first kappa shape index (κ1) is 14.5. The fraction of sp³-hybridized carbons (Fsp3) is 0.462. The van der Waals surface area contributed by atoms with E-state index >= 15 is 0 Å². The van der Waals surface area contributed by atoms with Gasteiger partial charge in [0, 0.05) is 0 Å². The quantitative estimate of drug-likeness (QED) is 0.556. The molecule has 0 saturated heterocycles. The number of carbonyl (C=O) groups excluding carboxylic acids is 1. The number of hydrogen-bond acceptors (Lipinski definition) is 5. The lowest BCUT2D eigenvalue weighted by Gasteiger charge is -2.22. The lowest BCUT2D eigenvalue weighted by Crippen LogP contribution is -2.25. The van der Waals surface area contributed by atoms with Gasteiger partial charge < -0.3 is 19.7 Å². The molecule has 1 aromatic carbocycles. The van der Waals surface area contributed by atoms with Crippen LogP contribution in [0.15, 0.2) is 18.2 Å². The van der Waals surface area contributed by atoms with Crippen LogP contribution in [0.25, 0.3) is 0 Å². The topological polar surface area (TPSA) is 76.0 Å². The highest BCUT2D eigenvalue weighted by Gasteiger charge is 2.24. The number of methoxy groups -OCH3 is 1. The van der Waals surface area contributed by atoms with Crippen molar-refractivity contribution >= 4 is 6.47 Å². The van der Waals surface area contributed by atoms with Gasteiger partial charge in [-0.2, -0.15) is 0 Å². The molecule has 0 fully saturated rings. The molecule has 0 saturated carbocycles. The molecule has 100 valence electrons. The van der Waals surface area contributed by atoms with Crippen molar-refractivity contribution in [3.63, 3.8) is 0 Å². The molecule has 0 aliphatic heterocycles. The Morgan fingerprint density at radius 3 is 2.67 bits per heavy atom. The summed E-state index contributed by atoms with van der Waals surface area (Å²) in [5, 5.41) is 19.0. The number of aliphatic hydroxyl groups is 2. The van der Waals surface area contributed by atoms with Gasteiger partial charge in [-0.1, -0.05) is 13.0 Å². The minimum atomic E-state index is -1.36. The molecule has 5 nitrogen and oxygen atoms in total. The summed E-state index contributed by atoms with van der Waals surface area (Å²) in [7, 11) is 1.57. The highest BCUT2D eigenvalue weighted by Crippen LogP contribution is 2.27. The second-order valence-electron chi connectivity index (χ2n) is 3.83. The highest BCUT2D eigenvalue weighted by atomic mass is 16.6. The fourth-order valence-corrected chi connectivity index (χ4v) is 1.87. The Labute approximate surface area is 106 Å². The standard InChI is InChI=1S/C13H18O5/c1-3-9-6-10(17-2)4-5-11(9)12(7-14)13(16)18-8-15/h4-6,8,12-14,16H,3,7H2,1-2H3. The van der Waals surface area contributed by atoms with Crippen LogP contribution in [-0.4, -0.2) is 36.7 Å². The third-order valence-electron chi connectivity index (χ3n) is 2.87. The van der Waals surface area contributed by atoms with Crippen LogP contribution in [0.1, 0.15) is 24.0 Å². The van der Waals surface area contributed by atoms with E-state index in [-0.39, 0.29) is 13.1 Å². The van der Waals surface area contributed by atoms with Crippen LogP contribution in [0.4, 0.5) is 0 Å². The normalized spacial score (nSPS) is 13.8. The summed E-state index contributed by atoms with van der Waals surface area (Å²) in [5.74, 6) is 0.0501. The van der Waals surface area contributed by atoms with Crippen LogP contribution < -0.4 is 4.74 Å². The van der Waals surface area contributed by atoms with Crippen LogP contribution in [0.2, 0.25) is 0 Å². The van der Waals surface area contributed by atoms with Gasteiger partial charge in [-0.25, -0.2) is 0 Å². The molecular weight excluding hydrogens is 236 g/mol. The molecule has 0 spiro atoms. The minimum absolute atomic E-state index is 0.169. The Morgan fingerprint density at radius 2 is 2.17 bits per heavy atom. The first-order valence-corrected chi connectivity index (χ1v) is 5.72. The van der Waals surface area contributed by atoms with Gasteiger partial charge in [0.1, 0.15) is 5.75 Å². The van der Waals surface area contributed by atoms with Crippen molar-refractivity contribution in [1.29, 1.82) is 0 Å². The summed E-state index contributed by atoms with van der Waals surface area (Å²) in [4.78, 5) is 10.2. The zero-order valence-corrected chi connectivity index (χ0v) is 10.5. The van der Waals surface area contributed by atoms with Crippen LogP contribution >= 0.6 is 0 Å². The van der Waals surface area contributed by atoms with E-state index in [4.69, 9.17) is 4.74 Å². The van der Waals surface area contributed by atoms with Crippen molar-refractivity contribution in [2.75, 3.05) is 13.7 Å². The van der Waals surface area contributed by atoms with Gasteiger partial charge in [-0.05, 0) is 29.7 Å². The Hall–Kier alpha value is -1.59. The third-order valence-corrected chi connectivity index (χ3v) is 2.87. The smallest absolute Gasteiger partial charge is 0.295 e. The molecule has 0 amide bonds. The predicted octanol–water partition coefficient (Wildman–Crippen LogP) is 0.825. The van der Waals surface area contributed by atoms with Crippen molar-refractivity contribution in [2.24, 2.45) is 0 Å². The van der Waals surface area contributed by atoms with Gasteiger partial charge >= 0.3 is 0 Å². The Bertz CT molecular complexity index is 391. The number of aliphatic hydroxyl groups excluding tert-OH is 2. The van der Waals surface area contributed by atoms with Crippen molar-refractivity contribution in [3.8, 4) is 5.75 Å². The summed E-state index contributed by atoms with van der Waals surface area (Å²) in [6, 6.07) is 5.34. The van der Waals surface area contributed by atoms with Crippen LogP contribution in [0.3, 0.4) is 0 Å². The first-order valence-electron chi connectivity index (χ1n) is 5.72. The lowest BCUT2D eigenvalue weighted by atomic mass is 9.92. The Morgan fingerprint density at radius 1 is 1.44 bits per heavy atom. The maximum absolute atomic E-state index is 10.2. The van der Waals surface area contributed by atoms with Gasteiger partial charge in [0.25, 0.3) is 6.47 Å². The van der Waals surface area contributed by atoms with Crippen molar-refractivity contribution in [1.82, 2.24) is 0 Å². The molecule has 0 aromatic heterocycles. The molecule has 0 aliphatic carbocycles. The molecule has 2 unspecified atom stereocenters. The van der Waals surface area contributed by atoms with Gasteiger partial charge in [-0.15, -0.1) is 0 Å². The van der Waals surface area contributed by atoms with Crippen LogP contribution in [0, 0.1) is 0 Å². The van der Waals surface area contributed by atoms with Gasteiger partial charge in [0.2, 0.25) is 6.29 Å². The molecule has 2 atom stereocenters. The molecule has 18 heavy (non-hydrogen) atoms. The second-order valence-corrected chi connectivity index (χ2v) is 3.83. The SMILES string of the molecule is CCc1cc(OC)ccc1C(CO)C(O)OC=O.